The first kappa shape index (κ1) is 15.8. The molecule has 4 nitrogen and oxygen atoms in total. The lowest BCUT2D eigenvalue weighted by molar-refractivity contribution is 0.0947. The Morgan fingerprint density at radius 2 is 2.10 bits per heavy atom. The van der Waals surface area contributed by atoms with Crippen LogP contribution in [0.1, 0.15) is 50.5 Å². The van der Waals surface area contributed by atoms with Gasteiger partial charge in [-0.1, -0.05) is 20.8 Å². The molecule has 0 radical (unpaired) electrons. The lowest BCUT2D eigenvalue weighted by Crippen LogP contribution is -2.33. The summed E-state index contributed by atoms with van der Waals surface area (Å²) in [6.45, 7) is 9.49. The van der Waals surface area contributed by atoms with Crippen LogP contribution in [0.4, 0.5) is 5.69 Å². The predicted octanol–water partition coefficient (Wildman–Crippen LogP) is 3.09. The average Bonchev–Trinajstić information content (AvgIpc) is 2.48. The zero-order valence-electron chi connectivity index (χ0n) is 13.4. The fourth-order valence-electron chi connectivity index (χ4n) is 2.54. The number of amides is 1. The van der Waals surface area contributed by atoms with E-state index in [1.807, 2.05) is 18.3 Å². The van der Waals surface area contributed by atoms with E-state index in [-0.39, 0.29) is 5.91 Å². The van der Waals surface area contributed by atoms with E-state index in [1.165, 1.54) is 12.8 Å². The number of piperidine rings is 1. The molecule has 116 valence electrons. The Bertz CT molecular complexity index is 448. The fourth-order valence-corrected chi connectivity index (χ4v) is 2.54. The van der Waals surface area contributed by atoms with Gasteiger partial charge in [0.15, 0.2) is 0 Å². The van der Waals surface area contributed by atoms with Gasteiger partial charge >= 0.3 is 0 Å². The highest BCUT2D eigenvalue weighted by molar-refractivity contribution is 5.92. The number of nitrogens with zero attached hydrogens (tertiary/aromatic N) is 2. The molecule has 1 saturated heterocycles. The summed E-state index contributed by atoms with van der Waals surface area (Å²) in [4.78, 5) is 18.6. The summed E-state index contributed by atoms with van der Waals surface area (Å²) in [6, 6.07) is 3.85. The maximum Gasteiger partial charge on any atom is 0.269 e. The van der Waals surface area contributed by atoms with Crippen LogP contribution in [0.2, 0.25) is 0 Å². The van der Waals surface area contributed by atoms with Gasteiger partial charge in [0.25, 0.3) is 5.91 Å². The van der Waals surface area contributed by atoms with Crippen LogP contribution in [0.25, 0.3) is 0 Å². The zero-order chi connectivity index (χ0) is 15.2. The summed E-state index contributed by atoms with van der Waals surface area (Å²) in [5.41, 5.74) is 1.63. The summed E-state index contributed by atoms with van der Waals surface area (Å²) >= 11 is 0. The summed E-state index contributed by atoms with van der Waals surface area (Å²) in [6.07, 6.45) is 5.29. The molecule has 0 unspecified atom stereocenters. The number of nitrogens with one attached hydrogen (secondary N) is 1. The molecule has 1 aliphatic rings. The molecule has 0 saturated carbocycles. The minimum absolute atomic E-state index is 0.0746. The second kappa shape index (κ2) is 7.43. The van der Waals surface area contributed by atoms with Crippen LogP contribution >= 0.6 is 0 Å². The standard InChI is InChI=1S/C17H27N3O/c1-13(2)6-9-18-17(21)16-5-4-15(12-19-16)20-10-7-14(3)8-11-20/h4-5,12-14H,6-11H2,1-3H3,(H,18,21). The summed E-state index contributed by atoms with van der Waals surface area (Å²) in [5, 5.41) is 2.92. The molecule has 21 heavy (non-hydrogen) atoms. The Kier molecular flexibility index (Phi) is 5.59. The van der Waals surface area contributed by atoms with E-state index >= 15 is 0 Å². The molecule has 0 aromatic carbocycles. The van der Waals surface area contributed by atoms with Gasteiger partial charge in [-0.15, -0.1) is 0 Å². The van der Waals surface area contributed by atoms with Gasteiger partial charge < -0.3 is 10.2 Å². The Labute approximate surface area is 127 Å². The molecule has 0 atom stereocenters. The van der Waals surface area contributed by atoms with Crippen LogP contribution in [0, 0.1) is 11.8 Å². The first-order valence-corrected chi connectivity index (χ1v) is 8.05. The number of carbonyl (C=O) groups is 1. The highest BCUT2D eigenvalue weighted by Crippen LogP contribution is 2.22. The van der Waals surface area contributed by atoms with E-state index < -0.39 is 0 Å². The Morgan fingerprint density at radius 3 is 2.67 bits per heavy atom. The third kappa shape index (κ3) is 4.73. The van der Waals surface area contributed by atoms with Crippen molar-refractivity contribution >= 4 is 11.6 Å². The molecule has 0 spiro atoms. The number of rotatable bonds is 5. The third-order valence-corrected chi connectivity index (χ3v) is 4.14. The summed E-state index contributed by atoms with van der Waals surface area (Å²) in [5.74, 6) is 1.34. The van der Waals surface area contributed by atoms with Crippen LogP contribution in [0.15, 0.2) is 18.3 Å². The highest BCUT2D eigenvalue weighted by atomic mass is 16.1. The van der Waals surface area contributed by atoms with E-state index in [0.717, 1.165) is 31.1 Å². The van der Waals surface area contributed by atoms with E-state index in [9.17, 15) is 4.79 Å². The molecule has 0 aliphatic carbocycles. The molecule has 1 aliphatic heterocycles. The Morgan fingerprint density at radius 1 is 1.38 bits per heavy atom. The second-order valence-electron chi connectivity index (χ2n) is 6.51. The molecule has 1 fully saturated rings. The van der Waals surface area contributed by atoms with Gasteiger partial charge in [0.05, 0.1) is 11.9 Å². The molecule has 2 rings (SSSR count). The topological polar surface area (TPSA) is 45.2 Å². The first-order chi connectivity index (χ1) is 10.1. The van der Waals surface area contributed by atoms with Crippen LogP contribution < -0.4 is 10.2 Å². The lowest BCUT2D eigenvalue weighted by atomic mass is 9.99. The van der Waals surface area contributed by atoms with Crippen molar-refractivity contribution in [1.29, 1.82) is 0 Å². The quantitative estimate of drug-likeness (QED) is 0.906. The fraction of sp³-hybridized carbons (Fsp3) is 0.647. The zero-order valence-corrected chi connectivity index (χ0v) is 13.4. The molecule has 1 N–H and O–H groups in total. The number of carbonyl (C=O) groups excluding carboxylic acids is 1. The normalized spacial score (nSPS) is 16.3. The van der Waals surface area contributed by atoms with Crippen molar-refractivity contribution in [2.24, 2.45) is 11.8 Å². The molecule has 1 amide bonds. The van der Waals surface area contributed by atoms with E-state index in [4.69, 9.17) is 0 Å². The van der Waals surface area contributed by atoms with Gasteiger partial charge in [-0.3, -0.25) is 4.79 Å². The van der Waals surface area contributed by atoms with Crippen molar-refractivity contribution in [1.82, 2.24) is 10.3 Å². The van der Waals surface area contributed by atoms with Gasteiger partial charge in [-0.25, -0.2) is 4.98 Å². The number of hydrogen-bond donors (Lipinski definition) is 1. The van der Waals surface area contributed by atoms with E-state index in [0.29, 0.717) is 18.2 Å². The van der Waals surface area contributed by atoms with Crippen LogP contribution in [0.3, 0.4) is 0 Å². The van der Waals surface area contributed by atoms with Crippen LogP contribution in [-0.2, 0) is 0 Å². The number of hydrogen-bond acceptors (Lipinski definition) is 3. The van der Waals surface area contributed by atoms with Crippen LogP contribution in [-0.4, -0.2) is 30.5 Å². The molecule has 2 heterocycles. The average molecular weight is 289 g/mol. The molecular weight excluding hydrogens is 262 g/mol. The number of pyridine rings is 1. The van der Waals surface area contributed by atoms with Gasteiger partial charge in [-0.2, -0.15) is 0 Å². The van der Waals surface area contributed by atoms with Crippen molar-refractivity contribution in [2.45, 2.75) is 40.0 Å². The maximum atomic E-state index is 12.0. The van der Waals surface area contributed by atoms with Crippen molar-refractivity contribution in [2.75, 3.05) is 24.5 Å². The van der Waals surface area contributed by atoms with Gasteiger partial charge in [-0.05, 0) is 43.2 Å². The largest absolute Gasteiger partial charge is 0.370 e. The monoisotopic (exact) mass is 289 g/mol. The van der Waals surface area contributed by atoms with Gasteiger partial charge in [0.1, 0.15) is 5.69 Å². The Hall–Kier alpha value is -1.58. The maximum absolute atomic E-state index is 12.0. The molecule has 1 aromatic heterocycles. The minimum atomic E-state index is -0.0746. The summed E-state index contributed by atoms with van der Waals surface area (Å²) in [7, 11) is 0. The second-order valence-corrected chi connectivity index (χ2v) is 6.51. The third-order valence-electron chi connectivity index (χ3n) is 4.14. The minimum Gasteiger partial charge on any atom is -0.370 e. The van der Waals surface area contributed by atoms with Crippen molar-refractivity contribution in [3.8, 4) is 0 Å². The number of aromatic nitrogens is 1. The SMILES string of the molecule is CC(C)CCNC(=O)c1ccc(N2CCC(C)CC2)cn1. The molecule has 4 heteroatoms. The highest BCUT2D eigenvalue weighted by Gasteiger charge is 2.16. The summed E-state index contributed by atoms with van der Waals surface area (Å²) < 4.78 is 0. The van der Waals surface area contributed by atoms with Crippen molar-refractivity contribution in [3.63, 3.8) is 0 Å². The van der Waals surface area contributed by atoms with Crippen LogP contribution in [0.5, 0.6) is 0 Å². The predicted molar refractivity (Wildman–Crippen MR) is 86.6 cm³/mol. The van der Waals surface area contributed by atoms with Crippen molar-refractivity contribution < 1.29 is 4.79 Å². The van der Waals surface area contributed by atoms with Gasteiger partial charge in [0, 0.05) is 19.6 Å². The van der Waals surface area contributed by atoms with Gasteiger partial charge in [0.2, 0.25) is 0 Å². The smallest absolute Gasteiger partial charge is 0.269 e. The number of anilines is 1. The van der Waals surface area contributed by atoms with E-state index in [2.05, 4.69) is 36.0 Å². The molecule has 0 bridgehead atoms. The first-order valence-electron chi connectivity index (χ1n) is 8.05. The molecule has 1 aromatic rings. The van der Waals surface area contributed by atoms with E-state index in [1.54, 1.807) is 0 Å². The Balaban J connectivity index is 1.88. The molecular formula is C17H27N3O. The lowest BCUT2D eigenvalue weighted by Gasteiger charge is -2.31. The van der Waals surface area contributed by atoms with Crippen molar-refractivity contribution in [3.05, 3.63) is 24.0 Å².